The zero-order valence-electron chi connectivity index (χ0n) is 11.8. The number of halogens is 1. The van der Waals surface area contributed by atoms with Gasteiger partial charge in [0.25, 0.3) is 0 Å². The molecule has 0 radical (unpaired) electrons. The Morgan fingerprint density at radius 3 is 2.67 bits per heavy atom. The standard InChI is InChI=1S/C13H18BrN3O3S/c1-2-3-13(10(18)19)4-6-17(7-5-13)12(20)16-11-15-8-9(14)21-11/h8H,2-7H2,1H3,(H,18,19)(H,15,16,20). The Morgan fingerprint density at radius 2 is 2.19 bits per heavy atom. The molecule has 0 atom stereocenters. The zero-order chi connectivity index (χ0) is 15.5. The highest BCUT2D eigenvalue weighted by molar-refractivity contribution is 9.11. The van der Waals surface area contributed by atoms with Crippen LogP contribution < -0.4 is 5.32 Å². The minimum absolute atomic E-state index is 0.215. The lowest BCUT2D eigenvalue weighted by Gasteiger charge is -2.38. The number of carboxylic acid groups (broad SMARTS) is 1. The van der Waals surface area contributed by atoms with Gasteiger partial charge in [0.1, 0.15) is 0 Å². The largest absolute Gasteiger partial charge is 0.481 e. The summed E-state index contributed by atoms with van der Waals surface area (Å²) in [6.45, 7) is 2.92. The fourth-order valence-electron chi connectivity index (χ4n) is 2.67. The first-order valence-corrected chi connectivity index (χ1v) is 8.48. The third kappa shape index (κ3) is 3.74. The molecule has 0 bridgehead atoms. The van der Waals surface area contributed by atoms with E-state index in [-0.39, 0.29) is 6.03 Å². The molecule has 0 aliphatic carbocycles. The van der Waals surface area contributed by atoms with E-state index in [1.54, 1.807) is 11.1 Å². The first kappa shape index (κ1) is 16.2. The summed E-state index contributed by atoms with van der Waals surface area (Å²) in [7, 11) is 0. The molecular formula is C13H18BrN3O3S. The Hall–Kier alpha value is -1.15. The van der Waals surface area contributed by atoms with Gasteiger partial charge in [-0.1, -0.05) is 24.7 Å². The molecule has 1 aromatic rings. The van der Waals surface area contributed by atoms with Crippen LogP contribution in [0.15, 0.2) is 9.98 Å². The Kier molecular flexibility index (Phi) is 5.21. The first-order valence-electron chi connectivity index (χ1n) is 6.87. The average Bonchev–Trinajstić information content (AvgIpc) is 2.85. The van der Waals surface area contributed by atoms with Gasteiger partial charge in [0, 0.05) is 13.1 Å². The van der Waals surface area contributed by atoms with E-state index in [0.29, 0.717) is 37.5 Å². The highest BCUT2D eigenvalue weighted by Crippen LogP contribution is 2.36. The number of nitrogens with one attached hydrogen (secondary N) is 1. The van der Waals surface area contributed by atoms with Crippen molar-refractivity contribution < 1.29 is 14.7 Å². The van der Waals surface area contributed by atoms with Crippen LogP contribution in [0.5, 0.6) is 0 Å². The number of urea groups is 1. The molecule has 2 rings (SSSR count). The van der Waals surface area contributed by atoms with Crippen LogP contribution in [0.2, 0.25) is 0 Å². The molecule has 1 saturated heterocycles. The van der Waals surface area contributed by atoms with Crippen LogP contribution in [0.1, 0.15) is 32.6 Å². The number of aliphatic carboxylic acids is 1. The fraction of sp³-hybridized carbons (Fsp3) is 0.615. The molecule has 2 amide bonds. The molecule has 1 aromatic heterocycles. The topological polar surface area (TPSA) is 82.5 Å². The van der Waals surface area contributed by atoms with Gasteiger partial charge in [0.05, 0.1) is 15.4 Å². The maximum Gasteiger partial charge on any atom is 0.323 e. The lowest BCUT2D eigenvalue weighted by molar-refractivity contribution is -0.152. The van der Waals surface area contributed by atoms with Gasteiger partial charge in [0.15, 0.2) is 5.13 Å². The normalized spacial score (nSPS) is 17.5. The number of aromatic nitrogens is 1. The molecule has 0 spiro atoms. The molecule has 1 aliphatic rings. The Morgan fingerprint density at radius 1 is 1.52 bits per heavy atom. The fourth-order valence-corrected chi connectivity index (χ4v) is 3.77. The molecule has 1 aliphatic heterocycles. The van der Waals surface area contributed by atoms with Crippen LogP contribution in [-0.4, -0.2) is 40.1 Å². The average molecular weight is 376 g/mol. The van der Waals surface area contributed by atoms with Crippen LogP contribution in [-0.2, 0) is 4.79 Å². The summed E-state index contributed by atoms with van der Waals surface area (Å²) in [5, 5.41) is 12.7. The third-order valence-electron chi connectivity index (χ3n) is 3.88. The van der Waals surface area contributed by atoms with Gasteiger partial charge in [0.2, 0.25) is 0 Å². The lowest BCUT2D eigenvalue weighted by atomic mass is 9.75. The molecule has 21 heavy (non-hydrogen) atoms. The van der Waals surface area contributed by atoms with Crippen molar-refractivity contribution >= 4 is 44.4 Å². The van der Waals surface area contributed by atoms with Crippen molar-refractivity contribution in [1.29, 1.82) is 0 Å². The van der Waals surface area contributed by atoms with E-state index in [2.05, 4.69) is 26.2 Å². The van der Waals surface area contributed by atoms with E-state index in [1.165, 1.54) is 11.3 Å². The molecule has 116 valence electrons. The Balaban J connectivity index is 1.93. The maximum absolute atomic E-state index is 12.1. The number of amides is 2. The smallest absolute Gasteiger partial charge is 0.323 e. The second-order valence-corrected chi connectivity index (χ2v) is 7.63. The summed E-state index contributed by atoms with van der Waals surface area (Å²) < 4.78 is 0.851. The van der Waals surface area contributed by atoms with E-state index in [0.717, 1.165) is 10.2 Å². The van der Waals surface area contributed by atoms with Crippen LogP contribution in [0.3, 0.4) is 0 Å². The highest BCUT2D eigenvalue weighted by Gasteiger charge is 2.41. The highest BCUT2D eigenvalue weighted by atomic mass is 79.9. The third-order valence-corrected chi connectivity index (χ3v) is 5.27. The Bertz CT molecular complexity index is 526. The number of carbonyl (C=O) groups is 2. The zero-order valence-corrected chi connectivity index (χ0v) is 14.2. The van der Waals surface area contributed by atoms with Gasteiger partial charge in [-0.3, -0.25) is 10.1 Å². The van der Waals surface area contributed by atoms with Crippen molar-refractivity contribution in [3.05, 3.63) is 9.98 Å². The molecule has 2 N–H and O–H groups in total. The molecule has 8 heteroatoms. The second kappa shape index (κ2) is 6.74. The summed E-state index contributed by atoms with van der Waals surface area (Å²) in [5.41, 5.74) is -0.671. The molecule has 0 aromatic carbocycles. The summed E-state index contributed by atoms with van der Waals surface area (Å²) in [6.07, 6.45) is 4.15. The maximum atomic E-state index is 12.1. The second-order valence-electron chi connectivity index (χ2n) is 5.22. The first-order chi connectivity index (χ1) is 9.97. The van der Waals surface area contributed by atoms with E-state index >= 15 is 0 Å². The molecule has 6 nitrogen and oxygen atoms in total. The van der Waals surface area contributed by atoms with E-state index in [9.17, 15) is 14.7 Å². The summed E-state index contributed by atoms with van der Waals surface area (Å²) in [5.74, 6) is -0.742. The lowest BCUT2D eigenvalue weighted by Crippen LogP contribution is -2.47. The molecule has 1 fully saturated rings. The van der Waals surface area contributed by atoms with Gasteiger partial charge in [-0.15, -0.1) is 0 Å². The number of piperidine rings is 1. The van der Waals surface area contributed by atoms with E-state index in [1.807, 2.05) is 6.92 Å². The molecule has 0 unspecified atom stereocenters. The van der Waals surface area contributed by atoms with E-state index < -0.39 is 11.4 Å². The van der Waals surface area contributed by atoms with Crippen molar-refractivity contribution in [2.75, 3.05) is 18.4 Å². The molecule has 2 heterocycles. The predicted octanol–water partition coefficient (Wildman–Crippen LogP) is 3.40. The SMILES string of the molecule is CCCC1(C(=O)O)CCN(C(=O)Nc2ncc(Br)s2)CC1. The number of carboxylic acids is 1. The summed E-state index contributed by atoms with van der Waals surface area (Å²) >= 11 is 4.64. The van der Waals surface area contributed by atoms with Gasteiger partial charge < -0.3 is 10.0 Å². The number of rotatable bonds is 4. The van der Waals surface area contributed by atoms with Crippen molar-refractivity contribution in [3.8, 4) is 0 Å². The van der Waals surface area contributed by atoms with Crippen molar-refractivity contribution in [3.63, 3.8) is 0 Å². The van der Waals surface area contributed by atoms with Crippen LogP contribution >= 0.6 is 27.3 Å². The number of thiazole rings is 1. The number of hydrogen-bond acceptors (Lipinski definition) is 4. The van der Waals surface area contributed by atoms with Crippen molar-refractivity contribution in [2.45, 2.75) is 32.6 Å². The quantitative estimate of drug-likeness (QED) is 0.844. The van der Waals surface area contributed by atoms with Gasteiger partial charge in [-0.25, -0.2) is 9.78 Å². The summed E-state index contributed by atoms with van der Waals surface area (Å²) in [4.78, 5) is 29.4. The molecular weight excluding hydrogens is 358 g/mol. The van der Waals surface area contributed by atoms with Crippen molar-refractivity contribution in [2.24, 2.45) is 5.41 Å². The van der Waals surface area contributed by atoms with Gasteiger partial charge in [-0.05, 0) is 35.2 Å². The number of hydrogen-bond donors (Lipinski definition) is 2. The van der Waals surface area contributed by atoms with Gasteiger partial charge >= 0.3 is 12.0 Å². The van der Waals surface area contributed by atoms with Gasteiger partial charge in [-0.2, -0.15) is 0 Å². The Labute approximate surface area is 135 Å². The minimum Gasteiger partial charge on any atom is -0.481 e. The van der Waals surface area contributed by atoms with E-state index in [4.69, 9.17) is 0 Å². The van der Waals surface area contributed by atoms with Crippen LogP contribution in [0.25, 0.3) is 0 Å². The predicted molar refractivity (Wildman–Crippen MR) is 84.6 cm³/mol. The number of nitrogens with zero attached hydrogens (tertiary/aromatic N) is 2. The minimum atomic E-state index is -0.742. The number of likely N-dealkylation sites (tertiary alicyclic amines) is 1. The van der Waals surface area contributed by atoms with Crippen molar-refractivity contribution in [1.82, 2.24) is 9.88 Å². The van der Waals surface area contributed by atoms with Crippen LogP contribution in [0, 0.1) is 5.41 Å². The molecule has 0 saturated carbocycles. The van der Waals surface area contributed by atoms with Crippen LogP contribution in [0.4, 0.5) is 9.93 Å². The number of carbonyl (C=O) groups excluding carboxylic acids is 1. The summed E-state index contributed by atoms with van der Waals surface area (Å²) in [6, 6.07) is -0.215. The number of anilines is 1. The monoisotopic (exact) mass is 375 g/mol.